The number of ether oxygens (including phenoxy) is 1. The number of anilines is 1. The zero-order chi connectivity index (χ0) is 22.9. The van der Waals surface area contributed by atoms with Crippen molar-refractivity contribution in [3.05, 3.63) is 94.0 Å². The number of carbonyl (C=O) groups excluding carboxylic acids is 2. The van der Waals surface area contributed by atoms with Crippen LogP contribution in [-0.2, 0) is 6.42 Å². The summed E-state index contributed by atoms with van der Waals surface area (Å²) in [6.07, 6.45) is 1.61. The van der Waals surface area contributed by atoms with Crippen LogP contribution in [0.5, 0.6) is 5.75 Å². The van der Waals surface area contributed by atoms with Crippen molar-refractivity contribution in [2.24, 2.45) is 0 Å². The Labute approximate surface area is 197 Å². The molecule has 5 nitrogen and oxygen atoms in total. The quantitative estimate of drug-likeness (QED) is 0.391. The van der Waals surface area contributed by atoms with Gasteiger partial charge in [-0.3, -0.25) is 9.59 Å². The van der Waals surface area contributed by atoms with Crippen LogP contribution in [0.2, 0.25) is 0 Å². The zero-order valence-electron chi connectivity index (χ0n) is 18.2. The Morgan fingerprint density at radius 2 is 1.69 bits per heavy atom. The molecule has 0 fully saturated rings. The molecule has 166 valence electrons. The first-order valence-electron chi connectivity index (χ1n) is 10.6. The molecule has 0 radical (unpaired) electrons. The second kappa shape index (κ2) is 11.5. The summed E-state index contributed by atoms with van der Waals surface area (Å²) in [6, 6.07) is 22.4. The first-order chi connectivity index (χ1) is 15.5. The molecular weight excluding hydrogens is 468 g/mol. The summed E-state index contributed by atoms with van der Waals surface area (Å²) in [5.74, 6) is 0.113. The third-order valence-electron chi connectivity index (χ3n) is 5.07. The maximum Gasteiger partial charge on any atom is 0.259 e. The maximum atomic E-state index is 12.9. The van der Waals surface area contributed by atoms with Gasteiger partial charge in [-0.2, -0.15) is 0 Å². The lowest BCUT2D eigenvalue weighted by atomic mass is 10.1. The van der Waals surface area contributed by atoms with Crippen molar-refractivity contribution in [1.29, 1.82) is 0 Å². The Morgan fingerprint density at radius 3 is 2.38 bits per heavy atom. The molecule has 0 aromatic heterocycles. The topological polar surface area (TPSA) is 67.4 Å². The molecule has 1 unspecified atom stereocenters. The molecule has 0 aliphatic carbocycles. The molecular formula is C26H27BrN2O3. The van der Waals surface area contributed by atoms with Gasteiger partial charge in [-0.15, -0.1) is 0 Å². The highest BCUT2D eigenvalue weighted by Crippen LogP contribution is 2.25. The lowest BCUT2D eigenvalue weighted by Crippen LogP contribution is -2.31. The smallest absolute Gasteiger partial charge is 0.259 e. The minimum atomic E-state index is -0.280. The number of halogens is 1. The van der Waals surface area contributed by atoms with Gasteiger partial charge in [0.1, 0.15) is 5.75 Å². The molecule has 1 atom stereocenters. The van der Waals surface area contributed by atoms with Gasteiger partial charge in [-0.05, 0) is 61.4 Å². The standard InChI is InChI=1S/C26H27BrN2O3/c1-3-18(2)28-25(30)20-9-12-22(13-10-20)29-26(31)23-17-21(27)11-14-24(23)32-16-15-19-7-5-4-6-8-19/h4-14,17-18H,3,15-16H2,1-2H3,(H,28,30)(H,29,31). The minimum Gasteiger partial charge on any atom is -0.492 e. The van der Waals surface area contributed by atoms with Gasteiger partial charge < -0.3 is 15.4 Å². The summed E-state index contributed by atoms with van der Waals surface area (Å²) in [5.41, 5.74) is 2.76. The summed E-state index contributed by atoms with van der Waals surface area (Å²) in [5, 5.41) is 5.81. The van der Waals surface area contributed by atoms with E-state index in [4.69, 9.17) is 4.74 Å². The predicted molar refractivity (Wildman–Crippen MR) is 131 cm³/mol. The largest absolute Gasteiger partial charge is 0.492 e. The summed E-state index contributed by atoms with van der Waals surface area (Å²) in [6.45, 7) is 4.45. The second-order valence-electron chi connectivity index (χ2n) is 7.54. The van der Waals surface area contributed by atoms with Crippen LogP contribution in [0.4, 0.5) is 5.69 Å². The molecule has 0 heterocycles. The molecule has 0 aliphatic rings. The Hall–Kier alpha value is -3.12. The summed E-state index contributed by atoms with van der Waals surface area (Å²) >= 11 is 3.43. The van der Waals surface area contributed by atoms with Crippen LogP contribution in [-0.4, -0.2) is 24.5 Å². The van der Waals surface area contributed by atoms with Crippen LogP contribution in [0, 0.1) is 0 Å². The molecule has 32 heavy (non-hydrogen) atoms. The SMILES string of the molecule is CCC(C)NC(=O)c1ccc(NC(=O)c2cc(Br)ccc2OCCc2ccccc2)cc1. The van der Waals surface area contributed by atoms with Crippen LogP contribution in [0.3, 0.4) is 0 Å². The van der Waals surface area contributed by atoms with Crippen molar-refractivity contribution in [1.82, 2.24) is 5.32 Å². The van der Waals surface area contributed by atoms with Crippen molar-refractivity contribution in [2.45, 2.75) is 32.7 Å². The van der Waals surface area contributed by atoms with E-state index in [1.807, 2.05) is 50.2 Å². The van der Waals surface area contributed by atoms with Crippen molar-refractivity contribution in [3.8, 4) is 5.75 Å². The number of amides is 2. The molecule has 6 heteroatoms. The van der Waals surface area contributed by atoms with Crippen LogP contribution in [0.15, 0.2) is 77.3 Å². The van der Waals surface area contributed by atoms with E-state index < -0.39 is 0 Å². The fraction of sp³-hybridized carbons (Fsp3) is 0.231. The normalized spacial score (nSPS) is 11.5. The van der Waals surface area contributed by atoms with Gasteiger partial charge in [0.15, 0.2) is 0 Å². The molecule has 3 aromatic carbocycles. The summed E-state index contributed by atoms with van der Waals surface area (Å²) in [7, 11) is 0. The van der Waals surface area contributed by atoms with E-state index in [1.165, 1.54) is 5.56 Å². The number of nitrogens with one attached hydrogen (secondary N) is 2. The lowest BCUT2D eigenvalue weighted by molar-refractivity contribution is 0.0938. The highest BCUT2D eigenvalue weighted by Gasteiger charge is 2.15. The third-order valence-corrected chi connectivity index (χ3v) is 5.57. The number of rotatable bonds is 9. The van der Waals surface area contributed by atoms with Crippen molar-refractivity contribution >= 4 is 33.4 Å². The number of hydrogen-bond donors (Lipinski definition) is 2. The van der Waals surface area contributed by atoms with Gasteiger partial charge in [-0.25, -0.2) is 0 Å². The molecule has 2 N–H and O–H groups in total. The number of hydrogen-bond acceptors (Lipinski definition) is 3. The van der Waals surface area contributed by atoms with Gasteiger partial charge in [0.05, 0.1) is 12.2 Å². The van der Waals surface area contributed by atoms with E-state index in [1.54, 1.807) is 36.4 Å². The average Bonchev–Trinajstić information content (AvgIpc) is 2.81. The van der Waals surface area contributed by atoms with Crippen LogP contribution < -0.4 is 15.4 Å². The Kier molecular flexibility index (Phi) is 8.45. The van der Waals surface area contributed by atoms with E-state index >= 15 is 0 Å². The van der Waals surface area contributed by atoms with Gasteiger partial charge in [-0.1, -0.05) is 53.2 Å². The minimum absolute atomic E-state index is 0.110. The Bertz CT molecular complexity index is 1050. The molecule has 3 aromatic rings. The van der Waals surface area contributed by atoms with Crippen molar-refractivity contribution < 1.29 is 14.3 Å². The molecule has 0 saturated carbocycles. The Morgan fingerprint density at radius 1 is 0.969 bits per heavy atom. The van der Waals surface area contributed by atoms with Gasteiger partial charge in [0, 0.05) is 28.2 Å². The predicted octanol–water partition coefficient (Wildman–Crippen LogP) is 5.85. The average molecular weight is 495 g/mol. The maximum absolute atomic E-state index is 12.9. The molecule has 0 spiro atoms. The van der Waals surface area contributed by atoms with E-state index in [9.17, 15) is 9.59 Å². The highest BCUT2D eigenvalue weighted by atomic mass is 79.9. The van der Waals surface area contributed by atoms with Crippen LogP contribution in [0.25, 0.3) is 0 Å². The first kappa shape index (κ1) is 23.5. The van der Waals surface area contributed by atoms with Crippen LogP contribution in [0.1, 0.15) is 46.5 Å². The van der Waals surface area contributed by atoms with Gasteiger partial charge in [0.2, 0.25) is 0 Å². The van der Waals surface area contributed by atoms with Crippen molar-refractivity contribution in [2.75, 3.05) is 11.9 Å². The molecule has 3 rings (SSSR count). The third kappa shape index (κ3) is 6.69. The first-order valence-corrected chi connectivity index (χ1v) is 11.4. The molecule has 2 amide bonds. The zero-order valence-corrected chi connectivity index (χ0v) is 19.8. The summed E-state index contributed by atoms with van der Waals surface area (Å²) < 4.78 is 6.71. The molecule has 0 bridgehead atoms. The fourth-order valence-electron chi connectivity index (χ4n) is 3.04. The molecule has 0 saturated heterocycles. The number of carbonyl (C=O) groups is 2. The van der Waals surface area contributed by atoms with E-state index in [0.717, 1.165) is 17.3 Å². The number of benzene rings is 3. The monoisotopic (exact) mass is 494 g/mol. The summed E-state index contributed by atoms with van der Waals surface area (Å²) in [4.78, 5) is 25.2. The van der Waals surface area contributed by atoms with Gasteiger partial charge in [0.25, 0.3) is 11.8 Å². The second-order valence-corrected chi connectivity index (χ2v) is 8.45. The van der Waals surface area contributed by atoms with Crippen molar-refractivity contribution in [3.63, 3.8) is 0 Å². The van der Waals surface area contributed by atoms with Crippen LogP contribution >= 0.6 is 15.9 Å². The van der Waals surface area contributed by atoms with E-state index in [0.29, 0.717) is 29.2 Å². The van der Waals surface area contributed by atoms with E-state index in [2.05, 4.69) is 26.6 Å². The fourth-order valence-corrected chi connectivity index (χ4v) is 3.40. The lowest BCUT2D eigenvalue weighted by Gasteiger charge is -2.13. The molecule has 0 aliphatic heterocycles. The highest BCUT2D eigenvalue weighted by molar-refractivity contribution is 9.10. The van der Waals surface area contributed by atoms with Gasteiger partial charge >= 0.3 is 0 Å². The van der Waals surface area contributed by atoms with E-state index in [-0.39, 0.29) is 17.9 Å². The Balaban J connectivity index is 1.65.